The number of halogens is 3. The minimum Gasteiger partial charge on any atom is -0.339 e. The van der Waals surface area contributed by atoms with Gasteiger partial charge in [-0.2, -0.15) is 18.2 Å². The van der Waals surface area contributed by atoms with E-state index in [1.807, 2.05) is 0 Å². The van der Waals surface area contributed by atoms with E-state index < -0.39 is 11.7 Å². The van der Waals surface area contributed by atoms with Crippen molar-refractivity contribution in [3.63, 3.8) is 0 Å². The third kappa shape index (κ3) is 3.14. The number of aromatic nitrogens is 2. The van der Waals surface area contributed by atoms with Crippen molar-refractivity contribution in [2.24, 2.45) is 5.73 Å². The zero-order valence-electron chi connectivity index (χ0n) is 11.8. The molecule has 7 heteroatoms. The molecule has 2 N–H and O–H groups in total. The van der Waals surface area contributed by atoms with E-state index in [4.69, 9.17) is 10.3 Å². The summed E-state index contributed by atoms with van der Waals surface area (Å²) in [6, 6.07) is 5.04. The highest BCUT2D eigenvalue weighted by Crippen LogP contribution is 2.34. The first-order valence-corrected chi connectivity index (χ1v) is 7.20. The molecular weight excluding hydrogens is 295 g/mol. The van der Waals surface area contributed by atoms with Crippen molar-refractivity contribution in [1.82, 2.24) is 10.1 Å². The number of rotatable bonds is 2. The molecular formula is C15H16F3N3O. The lowest BCUT2D eigenvalue weighted by molar-refractivity contribution is -0.137. The van der Waals surface area contributed by atoms with E-state index in [1.54, 1.807) is 0 Å². The lowest BCUT2D eigenvalue weighted by atomic mass is 9.86. The molecule has 1 saturated carbocycles. The first kappa shape index (κ1) is 15.0. The standard InChI is InChI=1S/C15H16F3N3O/c16-15(17,18)11-5-1-3-9(7-11)13-20-14(22-21-13)10-4-2-6-12(19)8-10/h1,3,5,7,10,12H,2,4,6,8,19H2. The van der Waals surface area contributed by atoms with Crippen LogP contribution in [0, 0.1) is 0 Å². The molecule has 1 aromatic carbocycles. The number of alkyl halides is 3. The molecule has 118 valence electrons. The van der Waals surface area contributed by atoms with Gasteiger partial charge in [-0.05, 0) is 31.4 Å². The van der Waals surface area contributed by atoms with Crippen molar-refractivity contribution in [3.8, 4) is 11.4 Å². The molecule has 0 radical (unpaired) electrons. The zero-order chi connectivity index (χ0) is 15.7. The summed E-state index contributed by atoms with van der Waals surface area (Å²) in [4.78, 5) is 4.26. The van der Waals surface area contributed by atoms with Crippen molar-refractivity contribution >= 4 is 0 Å². The predicted octanol–water partition coefficient (Wildman–Crippen LogP) is 3.74. The van der Waals surface area contributed by atoms with Gasteiger partial charge < -0.3 is 10.3 Å². The second-order valence-corrected chi connectivity index (χ2v) is 5.66. The maximum Gasteiger partial charge on any atom is 0.416 e. The third-order valence-electron chi connectivity index (χ3n) is 3.95. The number of nitrogens with zero attached hydrogens (tertiary/aromatic N) is 2. The van der Waals surface area contributed by atoms with Crippen LogP contribution in [0.15, 0.2) is 28.8 Å². The van der Waals surface area contributed by atoms with Gasteiger partial charge in [-0.15, -0.1) is 0 Å². The fraction of sp³-hybridized carbons (Fsp3) is 0.467. The Labute approximate surface area is 125 Å². The van der Waals surface area contributed by atoms with E-state index in [1.165, 1.54) is 12.1 Å². The molecule has 4 nitrogen and oxygen atoms in total. The van der Waals surface area contributed by atoms with Crippen LogP contribution >= 0.6 is 0 Å². The molecule has 22 heavy (non-hydrogen) atoms. The molecule has 1 aliphatic carbocycles. The fourth-order valence-electron chi connectivity index (χ4n) is 2.80. The van der Waals surface area contributed by atoms with Crippen LogP contribution in [0.4, 0.5) is 13.2 Å². The number of hydrogen-bond donors (Lipinski definition) is 1. The Morgan fingerprint density at radius 2 is 2.05 bits per heavy atom. The van der Waals surface area contributed by atoms with Crippen LogP contribution in [0.1, 0.15) is 43.1 Å². The van der Waals surface area contributed by atoms with Gasteiger partial charge in [0.1, 0.15) is 0 Å². The van der Waals surface area contributed by atoms with Crippen molar-refractivity contribution in [3.05, 3.63) is 35.7 Å². The van der Waals surface area contributed by atoms with Crippen molar-refractivity contribution in [2.75, 3.05) is 0 Å². The summed E-state index contributed by atoms with van der Waals surface area (Å²) in [5.41, 5.74) is 5.50. The smallest absolute Gasteiger partial charge is 0.339 e. The Kier molecular flexibility index (Phi) is 3.90. The summed E-state index contributed by atoms with van der Waals surface area (Å²) in [5.74, 6) is 0.735. The van der Waals surface area contributed by atoms with E-state index >= 15 is 0 Å². The summed E-state index contributed by atoms with van der Waals surface area (Å²) in [7, 11) is 0. The van der Waals surface area contributed by atoms with E-state index in [2.05, 4.69) is 10.1 Å². The molecule has 0 aliphatic heterocycles. The largest absolute Gasteiger partial charge is 0.416 e. The molecule has 0 bridgehead atoms. The minimum atomic E-state index is -4.39. The van der Waals surface area contributed by atoms with Crippen LogP contribution in [-0.2, 0) is 6.18 Å². The lowest BCUT2D eigenvalue weighted by Crippen LogP contribution is -2.26. The number of hydrogen-bond acceptors (Lipinski definition) is 4. The summed E-state index contributed by atoms with van der Waals surface area (Å²) in [6.45, 7) is 0. The Balaban J connectivity index is 1.85. The van der Waals surface area contributed by atoms with Crippen molar-refractivity contribution in [2.45, 2.75) is 43.8 Å². The topological polar surface area (TPSA) is 64.9 Å². The second-order valence-electron chi connectivity index (χ2n) is 5.66. The van der Waals surface area contributed by atoms with Crippen LogP contribution in [0.5, 0.6) is 0 Å². The van der Waals surface area contributed by atoms with Gasteiger partial charge in [0.05, 0.1) is 5.56 Å². The van der Waals surface area contributed by atoms with Gasteiger partial charge >= 0.3 is 6.18 Å². The first-order valence-electron chi connectivity index (χ1n) is 7.20. The average Bonchev–Trinajstić information content (AvgIpc) is 2.96. The van der Waals surface area contributed by atoms with Gasteiger partial charge in [-0.1, -0.05) is 23.7 Å². The normalized spacial score (nSPS) is 22.7. The molecule has 1 heterocycles. The Hall–Kier alpha value is -1.89. The zero-order valence-corrected chi connectivity index (χ0v) is 11.8. The molecule has 2 unspecified atom stereocenters. The molecule has 3 rings (SSSR count). The van der Waals surface area contributed by atoms with Gasteiger partial charge in [0.15, 0.2) is 0 Å². The molecule has 0 amide bonds. The van der Waals surface area contributed by atoms with E-state index in [0.717, 1.165) is 37.8 Å². The summed E-state index contributed by atoms with van der Waals surface area (Å²) in [5, 5.41) is 3.82. The second kappa shape index (κ2) is 5.72. The maximum absolute atomic E-state index is 12.7. The van der Waals surface area contributed by atoms with Gasteiger partial charge in [-0.25, -0.2) is 0 Å². The predicted molar refractivity (Wildman–Crippen MR) is 73.9 cm³/mol. The highest BCUT2D eigenvalue weighted by molar-refractivity contribution is 5.55. The number of nitrogens with two attached hydrogens (primary N) is 1. The van der Waals surface area contributed by atoms with E-state index in [9.17, 15) is 13.2 Å². The summed E-state index contributed by atoms with van der Waals surface area (Å²) >= 11 is 0. The minimum absolute atomic E-state index is 0.0933. The quantitative estimate of drug-likeness (QED) is 0.917. The van der Waals surface area contributed by atoms with Gasteiger partial charge in [-0.3, -0.25) is 0 Å². The lowest BCUT2D eigenvalue weighted by Gasteiger charge is -2.23. The van der Waals surface area contributed by atoms with Gasteiger partial charge in [0, 0.05) is 17.5 Å². The molecule has 2 aromatic rings. The van der Waals surface area contributed by atoms with Crippen LogP contribution in [0.3, 0.4) is 0 Å². The van der Waals surface area contributed by atoms with Crippen molar-refractivity contribution < 1.29 is 17.7 Å². The SMILES string of the molecule is NC1CCCC(c2nc(-c3cccc(C(F)(F)F)c3)no2)C1. The fourth-order valence-corrected chi connectivity index (χ4v) is 2.80. The van der Waals surface area contributed by atoms with Crippen molar-refractivity contribution in [1.29, 1.82) is 0 Å². The number of benzene rings is 1. The maximum atomic E-state index is 12.7. The van der Waals surface area contributed by atoms with Crippen LogP contribution < -0.4 is 5.73 Å². The Bertz CT molecular complexity index is 653. The van der Waals surface area contributed by atoms with Gasteiger partial charge in [0.2, 0.25) is 11.7 Å². The Morgan fingerprint density at radius 3 is 2.77 bits per heavy atom. The highest BCUT2D eigenvalue weighted by atomic mass is 19.4. The van der Waals surface area contributed by atoms with E-state index in [0.29, 0.717) is 11.5 Å². The molecule has 2 atom stereocenters. The highest BCUT2D eigenvalue weighted by Gasteiger charge is 2.31. The molecule has 1 fully saturated rings. The molecule has 0 spiro atoms. The Morgan fingerprint density at radius 1 is 1.23 bits per heavy atom. The van der Waals surface area contributed by atoms with Crippen LogP contribution in [-0.4, -0.2) is 16.2 Å². The monoisotopic (exact) mass is 311 g/mol. The summed E-state index contributed by atoms with van der Waals surface area (Å²) < 4.78 is 43.5. The van der Waals surface area contributed by atoms with Crippen LogP contribution in [0.25, 0.3) is 11.4 Å². The molecule has 0 saturated heterocycles. The average molecular weight is 311 g/mol. The van der Waals surface area contributed by atoms with Gasteiger partial charge in [0.25, 0.3) is 0 Å². The molecule has 1 aromatic heterocycles. The summed E-state index contributed by atoms with van der Waals surface area (Å²) in [6.07, 6.45) is -0.737. The third-order valence-corrected chi connectivity index (χ3v) is 3.95. The first-order chi connectivity index (χ1) is 10.4. The van der Waals surface area contributed by atoms with Crippen LogP contribution in [0.2, 0.25) is 0 Å². The van der Waals surface area contributed by atoms with E-state index in [-0.39, 0.29) is 17.8 Å². The molecule has 1 aliphatic rings.